The summed E-state index contributed by atoms with van der Waals surface area (Å²) in [5, 5.41) is 21.3. The molecule has 0 atom stereocenters. The third kappa shape index (κ3) is 5.26. The molecule has 2 rings (SSSR count). The minimum atomic E-state index is -0.925. The summed E-state index contributed by atoms with van der Waals surface area (Å²) in [5.41, 5.74) is -0.186. The summed E-state index contributed by atoms with van der Waals surface area (Å²) in [4.78, 5) is 36.6. The molecule has 138 valence electrons. The fourth-order valence-corrected chi connectivity index (χ4v) is 1.97. The zero-order chi connectivity index (χ0) is 19.1. The van der Waals surface area contributed by atoms with Gasteiger partial charge in [-0.05, 0) is 24.3 Å². The van der Waals surface area contributed by atoms with E-state index in [0.29, 0.717) is 5.76 Å². The first kappa shape index (κ1) is 18.8. The van der Waals surface area contributed by atoms with Gasteiger partial charge in [0, 0.05) is 13.1 Å². The second kappa shape index (κ2) is 8.56. The van der Waals surface area contributed by atoms with Crippen LogP contribution in [0.1, 0.15) is 16.1 Å². The van der Waals surface area contributed by atoms with E-state index in [9.17, 15) is 24.6 Å². The highest BCUT2D eigenvalue weighted by molar-refractivity contribution is 5.94. The number of amides is 2. The van der Waals surface area contributed by atoms with Gasteiger partial charge in [-0.1, -0.05) is 0 Å². The van der Waals surface area contributed by atoms with Crippen LogP contribution in [0.25, 0.3) is 0 Å². The van der Waals surface area contributed by atoms with Gasteiger partial charge in [-0.25, -0.2) is 4.79 Å². The van der Waals surface area contributed by atoms with Crippen LogP contribution in [0.5, 0.6) is 11.5 Å². The van der Waals surface area contributed by atoms with E-state index in [1.807, 2.05) is 0 Å². The number of phenolic OH excluding ortho intramolecular Hbond substituents is 2. The minimum Gasteiger partial charge on any atom is -0.508 e. The summed E-state index contributed by atoms with van der Waals surface area (Å²) in [6.07, 6.45) is 1.48. The lowest BCUT2D eigenvalue weighted by Crippen LogP contribution is -2.39. The van der Waals surface area contributed by atoms with E-state index in [1.165, 1.54) is 25.4 Å². The highest BCUT2D eigenvalue weighted by Gasteiger charge is 2.18. The number of hydrogen-bond acceptors (Lipinski definition) is 7. The molecule has 0 spiro atoms. The number of ether oxygens (including phenoxy) is 1. The summed E-state index contributed by atoms with van der Waals surface area (Å²) >= 11 is 0. The third-order valence-electron chi connectivity index (χ3n) is 3.37. The van der Waals surface area contributed by atoms with Crippen molar-refractivity contribution in [2.45, 2.75) is 6.54 Å². The van der Waals surface area contributed by atoms with E-state index in [4.69, 9.17) is 9.15 Å². The van der Waals surface area contributed by atoms with E-state index in [-0.39, 0.29) is 24.4 Å². The summed E-state index contributed by atoms with van der Waals surface area (Å²) < 4.78 is 9.89. The van der Waals surface area contributed by atoms with Gasteiger partial charge >= 0.3 is 5.97 Å². The van der Waals surface area contributed by atoms with Crippen LogP contribution in [0.2, 0.25) is 0 Å². The Kier molecular flexibility index (Phi) is 6.20. The summed E-state index contributed by atoms with van der Waals surface area (Å²) in [6.45, 7) is -0.619. The van der Waals surface area contributed by atoms with Crippen molar-refractivity contribution in [3.05, 3.63) is 47.9 Å². The second-order valence-corrected chi connectivity index (χ2v) is 5.38. The van der Waals surface area contributed by atoms with Crippen molar-refractivity contribution in [1.29, 1.82) is 0 Å². The molecule has 0 aliphatic carbocycles. The standard InChI is InChI=1S/C17H18N2O7/c1-19(9-15(22)18-8-12-3-2-6-25-12)16(23)10-26-17(24)13-5-4-11(20)7-14(13)21/h2-7,20-21H,8-10H2,1H3,(H,18,22). The van der Waals surface area contributed by atoms with Crippen LogP contribution in [-0.2, 0) is 20.9 Å². The maximum absolute atomic E-state index is 11.9. The molecule has 9 heteroatoms. The first-order valence-corrected chi connectivity index (χ1v) is 7.59. The second-order valence-electron chi connectivity index (χ2n) is 5.38. The van der Waals surface area contributed by atoms with Gasteiger partial charge in [-0.2, -0.15) is 0 Å². The molecule has 0 aliphatic heterocycles. The van der Waals surface area contributed by atoms with E-state index in [1.54, 1.807) is 12.1 Å². The zero-order valence-electron chi connectivity index (χ0n) is 14.0. The van der Waals surface area contributed by atoms with Crippen molar-refractivity contribution in [2.75, 3.05) is 20.2 Å². The maximum atomic E-state index is 11.9. The fourth-order valence-electron chi connectivity index (χ4n) is 1.97. The van der Waals surface area contributed by atoms with Crippen molar-refractivity contribution in [3.8, 4) is 11.5 Å². The van der Waals surface area contributed by atoms with Crippen LogP contribution in [0.3, 0.4) is 0 Å². The van der Waals surface area contributed by atoms with Gasteiger partial charge in [0.25, 0.3) is 5.91 Å². The number of hydrogen-bond donors (Lipinski definition) is 3. The first-order valence-electron chi connectivity index (χ1n) is 7.59. The van der Waals surface area contributed by atoms with Crippen LogP contribution in [0.15, 0.2) is 41.0 Å². The molecule has 0 radical (unpaired) electrons. The van der Waals surface area contributed by atoms with Gasteiger partial charge in [0.2, 0.25) is 5.91 Å². The molecular weight excluding hydrogens is 344 g/mol. The number of nitrogens with zero attached hydrogens (tertiary/aromatic N) is 1. The van der Waals surface area contributed by atoms with Gasteiger partial charge < -0.3 is 29.6 Å². The molecular formula is C17H18N2O7. The number of carbonyl (C=O) groups is 3. The summed E-state index contributed by atoms with van der Waals surface area (Å²) in [5.74, 6) is -2.02. The maximum Gasteiger partial charge on any atom is 0.342 e. The molecule has 0 saturated carbocycles. The van der Waals surface area contributed by atoms with E-state index >= 15 is 0 Å². The van der Waals surface area contributed by atoms with Gasteiger partial charge in [-0.3, -0.25) is 9.59 Å². The average molecular weight is 362 g/mol. The Hall–Kier alpha value is -3.49. The molecule has 3 N–H and O–H groups in total. The molecule has 2 amide bonds. The number of carbonyl (C=O) groups excluding carboxylic acids is 3. The lowest BCUT2D eigenvalue weighted by atomic mass is 10.2. The van der Waals surface area contributed by atoms with Crippen molar-refractivity contribution < 1.29 is 33.8 Å². The number of rotatable bonds is 7. The Morgan fingerprint density at radius 3 is 2.65 bits per heavy atom. The molecule has 0 bridgehead atoms. The van der Waals surface area contributed by atoms with Gasteiger partial charge in [0.1, 0.15) is 22.8 Å². The predicted molar refractivity (Wildman–Crippen MR) is 88.2 cm³/mol. The van der Waals surface area contributed by atoms with Crippen molar-refractivity contribution in [1.82, 2.24) is 10.2 Å². The molecule has 26 heavy (non-hydrogen) atoms. The first-order chi connectivity index (χ1) is 12.4. The number of phenols is 2. The van der Waals surface area contributed by atoms with Crippen LogP contribution >= 0.6 is 0 Å². The molecule has 2 aromatic rings. The Morgan fingerprint density at radius 2 is 2.00 bits per heavy atom. The molecule has 1 aromatic heterocycles. The molecule has 9 nitrogen and oxygen atoms in total. The third-order valence-corrected chi connectivity index (χ3v) is 3.37. The fraction of sp³-hybridized carbons (Fsp3) is 0.235. The monoisotopic (exact) mass is 362 g/mol. The van der Waals surface area contributed by atoms with E-state index < -0.39 is 30.1 Å². The highest BCUT2D eigenvalue weighted by Crippen LogP contribution is 2.23. The van der Waals surface area contributed by atoms with Crippen LogP contribution < -0.4 is 5.32 Å². The normalized spacial score (nSPS) is 10.2. The summed E-state index contributed by atoms with van der Waals surface area (Å²) in [7, 11) is 1.39. The number of furan rings is 1. The zero-order valence-corrected chi connectivity index (χ0v) is 14.0. The SMILES string of the molecule is CN(CC(=O)NCc1ccco1)C(=O)COC(=O)c1ccc(O)cc1O. The van der Waals surface area contributed by atoms with Crippen LogP contribution in [-0.4, -0.2) is 53.1 Å². The number of likely N-dealkylation sites (N-methyl/N-ethyl adjacent to an activating group) is 1. The number of benzene rings is 1. The topological polar surface area (TPSA) is 129 Å². The predicted octanol–water partition coefficient (Wildman–Crippen LogP) is 0.622. The quantitative estimate of drug-likeness (QED) is 0.616. The largest absolute Gasteiger partial charge is 0.508 e. The molecule has 0 saturated heterocycles. The smallest absolute Gasteiger partial charge is 0.342 e. The minimum absolute atomic E-state index is 0.186. The van der Waals surface area contributed by atoms with E-state index in [2.05, 4.69) is 5.32 Å². The number of nitrogens with one attached hydrogen (secondary N) is 1. The number of esters is 1. The van der Waals surface area contributed by atoms with Crippen molar-refractivity contribution >= 4 is 17.8 Å². The average Bonchev–Trinajstić information content (AvgIpc) is 3.11. The molecule has 0 unspecified atom stereocenters. The Morgan fingerprint density at radius 1 is 1.23 bits per heavy atom. The van der Waals surface area contributed by atoms with Gasteiger partial charge in [-0.15, -0.1) is 0 Å². The Balaban J connectivity index is 1.77. The van der Waals surface area contributed by atoms with Gasteiger partial charge in [0.15, 0.2) is 6.61 Å². The Labute approximate surface area is 148 Å². The van der Waals surface area contributed by atoms with Crippen molar-refractivity contribution in [3.63, 3.8) is 0 Å². The lowest BCUT2D eigenvalue weighted by molar-refractivity contribution is -0.137. The Bertz CT molecular complexity index is 786. The molecule has 1 aromatic carbocycles. The summed E-state index contributed by atoms with van der Waals surface area (Å²) in [6, 6.07) is 6.75. The van der Waals surface area contributed by atoms with Crippen LogP contribution in [0, 0.1) is 0 Å². The molecule has 0 aliphatic rings. The number of aromatic hydroxyl groups is 2. The van der Waals surface area contributed by atoms with Gasteiger partial charge in [0.05, 0.1) is 19.4 Å². The van der Waals surface area contributed by atoms with Crippen molar-refractivity contribution in [2.24, 2.45) is 0 Å². The van der Waals surface area contributed by atoms with E-state index in [0.717, 1.165) is 11.0 Å². The highest BCUT2D eigenvalue weighted by atomic mass is 16.5. The van der Waals surface area contributed by atoms with Crippen LogP contribution in [0.4, 0.5) is 0 Å². The molecule has 1 heterocycles. The lowest BCUT2D eigenvalue weighted by Gasteiger charge is -2.16. The molecule has 0 fully saturated rings.